The van der Waals surface area contributed by atoms with E-state index in [1.165, 1.54) is 16.7 Å². The largest absolute Gasteiger partial charge is 0.457 e. The third kappa shape index (κ3) is 6.46. The summed E-state index contributed by atoms with van der Waals surface area (Å²) in [5.41, 5.74) is 4.26. The molecular weight excluding hydrogens is 304 g/mol. The van der Waals surface area contributed by atoms with Gasteiger partial charge >= 0.3 is 0 Å². The number of rotatable bonds is 2. The summed E-state index contributed by atoms with van der Waals surface area (Å²) in [6, 6.07) is 26.6. The lowest BCUT2D eigenvalue weighted by atomic mass is 9.87. The molecule has 130 valence electrons. The van der Waals surface area contributed by atoms with Crippen LogP contribution in [0.2, 0.25) is 0 Å². The lowest BCUT2D eigenvalue weighted by Crippen LogP contribution is -2.10. The van der Waals surface area contributed by atoms with Gasteiger partial charge in [-0.3, -0.25) is 0 Å². The van der Waals surface area contributed by atoms with E-state index in [2.05, 4.69) is 58.9 Å². The van der Waals surface area contributed by atoms with Gasteiger partial charge in [-0.1, -0.05) is 86.5 Å². The number of benzene rings is 3. The third-order valence-corrected chi connectivity index (χ3v) is 3.92. The fraction of sp³-hybridized carbons (Fsp3) is 0.250. The van der Waals surface area contributed by atoms with Gasteiger partial charge in [0.25, 0.3) is 0 Å². The van der Waals surface area contributed by atoms with Crippen molar-refractivity contribution in [3.8, 4) is 11.5 Å². The molecule has 0 radical (unpaired) electrons. The Labute approximate surface area is 152 Å². The molecule has 0 amide bonds. The fourth-order valence-corrected chi connectivity index (χ4v) is 2.28. The van der Waals surface area contributed by atoms with Crippen LogP contribution in [-0.2, 0) is 5.41 Å². The monoisotopic (exact) mass is 332 g/mol. The summed E-state index contributed by atoms with van der Waals surface area (Å²) in [6.45, 7) is 10.9. The molecule has 3 aromatic rings. The zero-order valence-electron chi connectivity index (χ0n) is 15.9. The molecule has 0 unspecified atom stereocenters. The van der Waals surface area contributed by atoms with Crippen molar-refractivity contribution in [3.63, 3.8) is 0 Å². The molecule has 0 heterocycles. The summed E-state index contributed by atoms with van der Waals surface area (Å²) in [6.07, 6.45) is 0. The molecule has 0 aliphatic carbocycles. The summed E-state index contributed by atoms with van der Waals surface area (Å²) in [5.74, 6) is 1.75. The molecular formula is C24H28O. The molecule has 0 N–H and O–H groups in total. The van der Waals surface area contributed by atoms with Gasteiger partial charge < -0.3 is 4.74 Å². The maximum absolute atomic E-state index is 5.63. The van der Waals surface area contributed by atoms with E-state index in [-0.39, 0.29) is 5.41 Å². The van der Waals surface area contributed by atoms with Gasteiger partial charge in [-0.15, -0.1) is 0 Å². The molecule has 0 aliphatic rings. The van der Waals surface area contributed by atoms with Gasteiger partial charge in [-0.25, -0.2) is 0 Å². The molecule has 3 aromatic carbocycles. The van der Waals surface area contributed by atoms with E-state index in [1.54, 1.807) is 0 Å². The number of hydrogen-bond donors (Lipinski definition) is 0. The third-order valence-electron chi connectivity index (χ3n) is 3.92. The average molecular weight is 332 g/mol. The fourth-order valence-electron chi connectivity index (χ4n) is 2.28. The van der Waals surface area contributed by atoms with E-state index in [9.17, 15) is 0 Å². The minimum absolute atomic E-state index is 0.285. The summed E-state index contributed by atoms with van der Waals surface area (Å²) < 4.78 is 5.63. The van der Waals surface area contributed by atoms with E-state index < -0.39 is 0 Å². The highest BCUT2D eigenvalue weighted by Gasteiger charge is 2.11. The maximum Gasteiger partial charge on any atom is 0.127 e. The maximum atomic E-state index is 5.63. The lowest BCUT2D eigenvalue weighted by Gasteiger charge is -2.18. The van der Waals surface area contributed by atoms with Crippen LogP contribution in [0.1, 0.15) is 37.5 Å². The van der Waals surface area contributed by atoms with Crippen molar-refractivity contribution in [2.45, 2.75) is 40.0 Å². The zero-order valence-corrected chi connectivity index (χ0v) is 15.9. The van der Waals surface area contributed by atoms with Crippen molar-refractivity contribution in [2.75, 3.05) is 0 Å². The molecule has 1 heteroatoms. The first-order valence-electron chi connectivity index (χ1n) is 8.71. The van der Waals surface area contributed by atoms with Crippen LogP contribution in [0.5, 0.6) is 11.5 Å². The van der Waals surface area contributed by atoms with Crippen LogP contribution >= 0.6 is 0 Å². The number of para-hydroxylation sites is 1. The molecule has 3 rings (SSSR count). The highest BCUT2D eigenvalue weighted by Crippen LogP contribution is 2.22. The molecule has 0 aromatic heterocycles. The molecule has 0 saturated carbocycles. The molecule has 0 fully saturated rings. The minimum atomic E-state index is 0.285. The van der Waals surface area contributed by atoms with E-state index >= 15 is 0 Å². The topological polar surface area (TPSA) is 9.23 Å². The Morgan fingerprint density at radius 1 is 0.560 bits per heavy atom. The summed E-state index contributed by atoms with van der Waals surface area (Å²) in [7, 11) is 0. The van der Waals surface area contributed by atoms with Crippen LogP contribution in [0.3, 0.4) is 0 Å². The molecule has 0 atom stereocenters. The van der Waals surface area contributed by atoms with Crippen LogP contribution in [0.15, 0.2) is 78.9 Å². The van der Waals surface area contributed by atoms with Gasteiger partial charge in [0.1, 0.15) is 11.5 Å². The minimum Gasteiger partial charge on any atom is -0.457 e. The van der Waals surface area contributed by atoms with Gasteiger partial charge in [-0.05, 0) is 49.1 Å². The highest BCUT2D eigenvalue weighted by atomic mass is 16.5. The second-order valence-corrected chi connectivity index (χ2v) is 7.34. The Kier molecular flexibility index (Phi) is 6.41. The molecule has 0 bridgehead atoms. The number of ether oxygens (including phenoxy) is 1. The smallest absolute Gasteiger partial charge is 0.127 e. The lowest BCUT2D eigenvalue weighted by molar-refractivity contribution is 0.482. The van der Waals surface area contributed by atoms with E-state index in [0.29, 0.717) is 0 Å². The van der Waals surface area contributed by atoms with Crippen molar-refractivity contribution in [1.82, 2.24) is 0 Å². The van der Waals surface area contributed by atoms with Crippen LogP contribution in [0.25, 0.3) is 0 Å². The first kappa shape index (κ1) is 18.8. The first-order chi connectivity index (χ1) is 11.8. The first-order valence-corrected chi connectivity index (χ1v) is 8.71. The van der Waals surface area contributed by atoms with Gasteiger partial charge in [0.05, 0.1) is 0 Å². The van der Waals surface area contributed by atoms with Gasteiger partial charge in [0, 0.05) is 0 Å². The Balaban J connectivity index is 0.000000186. The van der Waals surface area contributed by atoms with Crippen LogP contribution in [0, 0.1) is 13.8 Å². The molecule has 1 nitrogen and oxygen atoms in total. The van der Waals surface area contributed by atoms with Crippen molar-refractivity contribution < 1.29 is 4.74 Å². The Bertz CT molecular complexity index is 748. The Hall–Kier alpha value is -2.54. The second kappa shape index (κ2) is 8.53. The SMILES string of the molecule is Cc1ccc(C(C)(C)C)cc1.Cc1ccc(Oc2ccccc2)cc1. The van der Waals surface area contributed by atoms with Crippen LogP contribution in [-0.4, -0.2) is 0 Å². The van der Waals surface area contributed by atoms with E-state index in [4.69, 9.17) is 4.74 Å². The van der Waals surface area contributed by atoms with Gasteiger partial charge in [-0.2, -0.15) is 0 Å². The number of aryl methyl sites for hydroxylation is 2. The van der Waals surface area contributed by atoms with Crippen molar-refractivity contribution in [3.05, 3.63) is 95.6 Å². The molecule has 0 saturated heterocycles. The van der Waals surface area contributed by atoms with Crippen molar-refractivity contribution in [2.24, 2.45) is 0 Å². The molecule has 0 spiro atoms. The summed E-state index contributed by atoms with van der Waals surface area (Å²) >= 11 is 0. The second-order valence-electron chi connectivity index (χ2n) is 7.34. The Morgan fingerprint density at radius 2 is 1.00 bits per heavy atom. The summed E-state index contributed by atoms with van der Waals surface area (Å²) in [5, 5.41) is 0. The van der Waals surface area contributed by atoms with Crippen molar-refractivity contribution in [1.29, 1.82) is 0 Å². The van der Waals surface area contributed by atoms with E-state index in [0.717, 1.165) is 11.5 Å². The normalized spacial score (nSPS) is 10.6. The number of hydrogen-bond acceptors (Lipinski definition) is 1. The summed E-state index contributed by atoms with van der Waals surface area (Å²) in [4.78, 5) is 0. The standard InChI is InChI=1S/C13H12O.C11H16/c1-11-7-9-13(10-8-11)14-12-5-3-2-4-6-12;1-9-5-7-10(8-6-9)11(2,3)4/h2-10H,1H3;5-8H,1-4H3. The quantitative estimate of drug-likeness (QED) is 0.487. The van der Waals surface area contributed by atoms with Gasteiger partial charge in [0.2, 0.25) is 0 Å². The predicted molar refractivity (Wildman–Crippen MR) is 108 cm³/mol. The van der Waals surface area contributed by atoms with E-state index in [1.807, 2.05) is 54.6 Å². The molecule has 0 aliphatic heterocycles. The van der Waals surface area contributed by atoms with Gasteiger partial charge in [0.15, 0.2) is 0 Å². The predicted octanol–water partition coefficient (Wildman–Crippen LogP) is 7.08. The highest BCUT2D eigenvalue weighted by molar-refractivity contribution is 5.32. The molecule has 25 heavy (non-hydrogen) atoms. The Morgan fingerprint density at radius 3 is 1.48 bits per heavy atom. The van der Waals surface area contributed by atoms with Crippen LogP contribution < -0.4 is 4.74 Å². The zero-order chi connectivity index (χ0) is 18.3. The van der Waals surface area contributed by atoms with Crippen molar-refractivity contribution >= 4 is 0 Å². The van der Waals surface area contributed by atoms with Crippen LogP contribution in [0.4, 0.5) is 0 Å². The average Bonchev–Trinajstić information content (AvgIpc) is 2.58.